The first-order chi connectivity index (χ1) is 8.83. The minimum atomic E-state index is -0.537. The molecule has 6 heteroatoms. The van der Waals surface area contributed by atoms with E-state index in [1.165, 1.54) is 0 Å². The Labute approximate surface area is 113 Å². The van der Waals surface area contributed by atoms with Crippen molar-refractivity contribution in [3.8, 4) is 0 Å². The summed E-state index contributed by atoms with van der Waals surface area (Å²) in [6.45, 7) is 7.11. The van der Waals surface area contributed by atoms with E-state index < -0.39 is 11.7 Å². The minimum Gasteiger partial charge on any atom is -0.444 e. The highest BCUT2D eigenvalue weighted by Gasteiger charge is 2.26. The second-order valence-corrected chi connectivity index (χ2v) is 5.55. The molecule has 0 bridgehead atoms. The average molecular weight is 270 g/mol. The van der Waals surface area contributed by atoms with Gasteiger partial charge >= 0.3 is 6.09 Å². The molecule has 0 radical (unpaired) electrons. The van der Waals surface area contributed by atoms with E-state index in [4.69, 9.17) is 4.74 Å². The molecule has 1 rings (SSSR count). The first-order valence-corrected chi connectivity index (χ1v) is 6.53. The van der Waals surface area contributed by atoms with Gasteiger partial charge in [0.05, 0.1) is 0 Å². The van der Waals surface area contributed by atoms with Crippen molar-refractivity contribution in [1.82, 2.24) is 9.80 Å². The third kappa shape index (κ3) is 5.28. The maximum Gasteiger partial charge on any atom is 0.410 e. The summed E-state index contributed by atoms with van der Waals surface area (Å²) in [5.41, 5.74) is -0.537. The fourth-order valence-corrected chi connectivity index (χ4v) is 1.82. The number of ether oxygens (including phenoxy) is 1. The van der Waals surface area contributed by atoms with Gasteiger partial charge in [-0.15, -0.1) is 0 Å². The van der Waals surface area contributed by atoms with Crippen molar-refractivity contribution in [1.29, 1.82) is 0 Å². The Morgan fingerprint density at radius 2 is 2.00 bits per heavy atom. The van der Waals surface area contributed by atoms with Gasteiger partial charge in [-0.05, 0) is 20.8 Å². The lowest BCUT2D eigenvalue weighted by molar-refractivity contribution is -0.130. The largest absolute Gasteiger partial charge is 0.444 e. The maximum absolute atomic E-state index is 11.9. The molecular weight excluding hydrogens is 248 g/mol. The first-order valence-electron chi connectivity index (χ1n) is 6.53. The molecule has 0 atom stereocenters. The van der Waals surface area contributed by atoms with Gasteiger partial charge in [0.1, 0.15) is 11.9 Å². The van der Waals surface area contributed by atoms with Crippen LogP contribution < -0.4 is 0 Å². The summed E-state index contributed by atoms with van der Waals surface area (Å²) in [4.78, 5) is 37.2. The van der Waals surface area contributed by atoms with Crippen LogP contribution in [0.4, 0.5) is 4.79 Å². The van der Waals surface area contributed by atoms with Crippen molar-refractivity contribution in [3.05, 3.63) is 0 Å². The molecule has 1 heterocycles. The van der Waals surface area contributed by atoms with Crippen LogP contribution in [0.1, 0.15) is 33.6 Å². The molecule has 1 aliphatic heterocycles. The van der Waals surface area contributed by atoms with E-state index >= 15 is 0 Å². The SMILES string of the molecule is CC(C)(C)OC(=O)N1CCC(=O)N(CCC=O)CC1. The standard InChI is InChI=1S/C13H22N2O4/c1-13(2,3)19-12(18)15-7-5-11(17)14(8-9-15)6-4-10-16/h10H,4-9H2,1-3H3. The van der Waals surface area contributed by atoms with Gasteiger partial charge in [-0.3, -0.25) is 4.79 Å². The fraction of sp³-hybridized carbons (Fsp3) is 0.769. The number of nitrogens with zero attached hydrogens (tertiary/aromatic N) is 2. The molecule has 0 aromatic carbocycles. The maximum atomic E-state index is 11.9. The molecule has 19 heavy (non-hydrogen) atoms. The van der Waals surface area contributed by atoms with Crippen LogP contribution in [-0.4, -0.2) is 59.9 Å². The number of carbonyl (C=O) groups excluding carboxylic acids is 3. The van der Waals surface area contributed by atoms with E-state index in [0.717, 1.165) is 6.29 Å². The van der Waals surface area contributed by atoms with Crippen LogP contribution >= 0.6 is 0 Å². The number of carbonyl (C=O) groups is 3. The van der Waals surface area contributed by atoms with E-state index in [0.29, 0.717) is 32.6 Å². The number of hydrogen-bond acceptors (Lipinski definition) is 4. The molecule has 0 aromatic rings. The van der Waals surface area contributed by atoms with Crippen molar-refractivity contribution >= 4 is 18.3 Å². The summed E-state index contributed by atoms with van der Waals surface area (Å²) in [5, 5.41) is 0. The van der Waals surface area contributed by atoms with E-state index in [9.17, 15) is 14.4 Å². The van der Waals surface area contributed by atoms with Gasteiger partial charge in [-0.2, -0.15) is 0 Å². The predicted molar refractivity (Wildman–Crippen MR) is 69.7 cm³/mol. The second kappa shape index (κ2) is 6.54. The van der Waals surface area contributed by atoms with Gasteiger partial charge in [0.2, 0.25) is 5.91 Å². The smallest absolute Gasteiger partial charge is 0.410 e. The number of aldehydes is 1. The Hall–Kier alpha value is -1.59. The Morgan fingerprint density at radius 3 is 2.58 bits per heavy atom. The van der Waals surface area contributed by atoms with Crippen molar-refractivity contribution in [3.63, 3.8) is 0 Å². The molecule has 6 nitrogen and oxygen atoms in total. The quantitative estimate of drug-likeness (QED) is 0.719. The van der Waals surface area contributed by atoms with Crippen molar-refractivity contribution in [2.45, 2.75) is 39.2 Å². The molecular formula is C13H22N2O4. The summed E-state index contributed by atoms with van der Waals surface area (Å²) in [6.07, 6.45) is 1.01. The lowest BCUT2D eigenvalue weighted by Crippen LogP contribution is -2.39. The average Bonchev–Trinajstić information content (AvgIpc) is 2.47. The highest BCUT2D eigenvalue weighted by molar-refractivity contribution is 5.78. The van der Waals surface area contributed by atoms with Gasteiger partial charge in [-0.25, -0.2) is 4.79 Å². The molecule has 0 aromatic heterocycles. The molecule has 0 unspecified atom stereocenters. The summed E-state index contributed by atoms with van der Waals surface area (Å²) < 4.78 is 5.29. The van der Waals surface area contributed by atoms with Crippen molar-refractivity contribution in [2.24, 2.45) is 0 Å². The third-order valence-corrected chi connectivity index (χ3v) is 2.76. The van der Waals surface area contributed by atoms with E-state index in [-0.39, 0.29) is 12.3 Å². The van der Waals surface area contributed by atoms with Crippen LogP contribution in [-0.2, 0) is 14.3 Å². The minimum absolute atomic E-state index is 0.0205. The van der Waals surface area contributed by atoms with E-state index in [2.05, 4.69) is 0 Å². The van der Waals surface area contributed by atoms with Crippen LogP contribution in [0.3, 0.4) is 0 Å². The zero-order valence-electron chi connectivity index (χ0n) is 11.8. The monoisotopic (exact) mass is 270 g/mol. The fourth-order valence-electron chi connectivity index (χ4n) is 1.82. The Morgan fingerprint density at radius 1 is 1.32 bits per heavy atom. The molecule has 0 saturated carbocycles. The van der Waals surface area contributed by atoms with Crippen LogP contribution in [0.5, 0.6) is 0 Å². The molecule has 108 valence electrons. The Balaban J connectivity index is 2.55. The highest BCUT2D eigenvalue weighted by atomic mass is 16.6. The summed E-state index contributed by atoms with van der Waals surface area (Å²) >= 11 is 0. The number of hydrogen-bond donors (Lipinski definition) is 0. The normalized spacial score (nSPS) is 17.1. The molecule has 1 aliphatic rings. The molecule has 1 fully saturated rings. The lowest BCUT2D eigenvalue weighted by atomic mass is 10.2. The second-order valence-electron chi connectivity index (χ2n) is 5.55. The molecule has 0 aliphatic carbocycles. The van der Waals surface area contributed by atoms with Crippen LogP contribution in [0.2, 0.25) is 0 Å². The molecule has 0 spiro atoms. The lowest BCUT2D eigenvalue weighted by Gasteiger charge is -2.26. The highest BCUT2D eigenvalue weighted by Crippen LogP contribution is 2.12. The van der Waals surface area contributed by atoms with Crippen molar-refractivity contribution in [2.75, 3.05) is 26.2 Å². The summed E-state index contributed by atoms with van der Waals surface area (Å²) in [6, 6.07) is 0. The molecule has 2 amide bonds. The van der Waals surface area contributed by atoms with Gasteiger partial charge in [0, 0.05) is 39.0 Å². The van der Waals surface area contributed by atoms with Gasteiger partial charge in [0.15, 0.2) is 0 Å². The molecule has 0 N–H and O–H groups in total. The first kappa shape index (κ1) is 15.5. The zero-order chi connectivity index (χ0) is 14.5. The third-order valence-electron chi connectivity index (χ3n) is 2.76. The van der Waals surface area contributed by atoms with Gasteiger partial charge < -0.3 is 19.3 Å². The van der Waals surface area contributed by atoms with Gasteiger partial charge in [0.25, 0.3) is 0 Å². The van der Waals surface area contributed by atoms with Gasteiger partial charge in [-0.1, -0.05) is 0 Å². The Bertz CT molecular complexity index is 349. The topological polar surface area (TPSA) is 66.9 Å². The Kier molecular flexibility index (Phi) is 5.32. The van der Waals surface area contributed by atoms with E-state index in [1.807, 2.05) is 20.8 Å². The van der Waals surface area contributed by atoms with Crippen LogP contribution in [0.15, 0.2) is 0 Å². The number of amides is 2. The summed E-state index contributed by atoms with van der Waals surface area (Å²) in [5.74, 6) is -0.0205. The zero-order valence-corrected chi connectivity index (χ0v) is 11.8. The van der Waals surface area contributed by atoms with Crippen LogP contribution in [0.25, 0.3) is 0 Å². The number of rotatable bonds is 3. The molecule has 1 saturated heterocycles. The van der Waals surface area contributed by atoms with Crippen LogP contribution in [0, 0.1) is 0 Å². The van der Waals surface area contributed by atoms with E-state index in [1.54, 1.807) is 9.80 Å². The summed E-state index contributed by atoms with van der Waals surface area (Å²) in [7, 11) is 0. The predicted octanol–water partition coefficient (Wildman–Crippen LogP) is 1.04. The van der Waals surface area contributed by atoms with Crippen molar-refractivity contribution < 1.29 is 19.1 Å².